The Hall–Kier alpha value is -1.64. The molecule has 3 heterocycles. The average molecular weight is 265 g/mol. The van der Waals surface area contributed by atoms with Crippen molar-refractivity contribution in [2.45, 2.75) is 12.2 Å². The molecule has 1 aromatic rings. The minimum absolute atomic E-state index is 0.413. The number of hydrogen-bond donors (Lipinski definition) is 4. The number of hydrogen-bond acceptors (Lipinski definition) is 8. The molecule has 0 spiro atoms. The molecule has 2 aliphatic rings. The molecule has 0 aromatic carbocycles. The summed E-state index contributed by atoms with van der Waals surface area (Å²) in [5.74, 6) is 0.360. The van der Waals surface area contributed by atoms with Gasteiger partial charge in [0.05, 0.1) is 13.2 Å². The fourth-order valence-corrected chi connectivity index (χ4v) is 2.37. The third kappa shape index (κ3) is 2.55. The zero-order chi connectivity index (χ0) is 13.3. The normalized spacial score (nSPS) is 26.6. The maximum absolute atomic E-state index is 6.29. The van der Waals surface area contributed by atoms with Crippen LogP contribution in [0, 0.1) is 0 Å². The number of aromatic nitrogens is 2. The largest absolute Gasteiger partial charge is 0.382 e. The number of anilines is 3. The van der Waals surface area contributed by atoms with E-state index >= 15 is 0 Å². The summed E-state index contributed by atoms with van der Waals surface area (Å²) in [4.78, 5) is 10.4. The fraction of sp³-hybridized carbons (Fsp3) is 0.636. The number of nitrogen functional groups attached to an aromatic ring is 1. The van der Waals surface area contributed by atoms with Crippen LogP contribution in [0.4, 0.5) is 17.3 Å². The van der Waals surface area contributed by atoms with Gasteiger partial charge in [-0.2, -0.15) is 0 Å². The predicted octanol–water partition coefficient (Wildman–Crippen LogP) is -0.769. The molecule has 0 aliphatic carbocycles. The van der Waals surface area contributed by atoms with Crippen LogP contribution in [0.3, 0.4) is 0 Å². The fourth-order valence-electron chi connectivity index (χ4n) is 2.37. The summed E-state index contributed by atoms with van der Waals surface area (Å²) in [5, 5.41) is 6.35. The molecule has 1 atom stereocenters. The van der Waals surface area contributed by atoms with Crippen molar-refractivity contribution in [3.63, 3.8) is 0 Å². The molecule has 0 saturated carbocycles. The number of morpholine rings is 1. The second-order valence-corrected chi connectivity index (χ2v) is 4.91. The predicted molar refractivity (Wildman–Crippen MR) is 72.5 cm³/mol. The molecule has 3 rings (SSSR count). The van der Waals surface area contributed by atoms with Crippen molar-refractivity contribution >= 4 is 17.3 Å². The average Bonchev–Trinajstić information content (AvgIpc) is 2.77. The summed E-state index contributed by atoms with van der Waals surface area (Å²) in [5.41, 5.74) is 12.8. The van der Waals surface area contributed by atoms with Gasteiger partial charge in [0.15, 0.2) is 17.4 Å². The lowest BCUT2D eigenvalue weighted by atomic mass is 10.2. The van der Waals surface area contributed by atoms with Crippen LogP contribution in [0.15, 0.2) is 6.33 Å². The second kappa shape index (κ2) is 4.80. The van der Waals surface area contributed by atoms with Crippen LogP contribution in [0.2, 0.25) is 0 Å². The second-order valence-electron chi connectivity index (χ2n) is 4.91. The molecule has 1 saturated heterocycles. The first-order valence-corrected chi connectivity index (χ1v) is 6.42. The highest BCUT2D eigenvalue weighted by Crippen LogP contribution is 2.34. The Kier molecular flexibility index (Phi) is 3.13. The number of nitrogens with zero attached hydrogens (tertiary/aromatic N) is 3. The standard InChI is InChI=1S/C11H19N7O/c12-9-8-10(15-7-14-9)17-11(13,16-8)1-2-18-3-5-19-6-4-18/h7,16H,1-6,13H2,(H3,12,14,15,17). The van der Waals surface area contributed by atoms with E-state index in [-0.39, 0.29) is 0 Å². The highest BCUT2D eigenvalue weighted by atomic mass is 16.5. The zero-order valence-electron chi connectivity index (χ0n) is 10.7. The molecule has 1 aromatic heterocycles. The Bertz CT molecular complexity index is 462. The van der Waals surface area contributed by atoms with Crippen LogP contribution in [0.5, 0.6) is 0 Å². The van der Waals surface area contributed by atoms with Gasteiger partial charge in [-0.15, -0.1) is 0 Å². The van der Waals surface area contributed by atoms with E-state index < -0.39 is 5.79 Å². The SMILES string of the molecule is Nc1ncnc2c1NC(N)(CCN1CCOCC1)N2. The van der Waals surface area contributed by atoms with Crippen molar-refractivity contribution in [2.75, 3.05) is 49.2 Å². The van der Waals surface area contributed by atoms with Gasteiger partial charge in [-0.05, 0) is 0 Å². The Morgan fingerprint density at radius 3 is 2.84 bits per heavy atom. The molecular weight excluding hydrogens is 246 g/mol. The van der Waals surface area contributed by atoms with E-state index in [0.717, 1.165) is 39.3 Å². The van der Waals surface area contributed by atoms with Gasteiger partial charge in [-0.1, -0.05) is 0 Å². The van der Waals surface area contributed by atoms with E-state index in [2.05, 4.69) is 25.5 Å². The van der Waals surface area contributed by atoms with Crippen LogP contribution in [-0.2, 0) is 4.74 Å². The first-order valence-electron chi connectivity index (χ1n) is 6.42. The minimum Gasteiger partial charge on any atom is -0.382 e. The van der Waals surface area contributed by atoms with Gasteiger partial charge in [0.2, 0.25) is 0 Å². The molecule has 0 bridgehead atoms. The summed E-state index contributed by atoms with van der Waals surface area (Å²) >= 11 is 0. The van der Waals surface area contributed by atoms with Gasteiger partial charge in [0.25, 0.3) is 0 Å². The molecule has 0 amide bonds. The molecule has 0 radical (unpaired) electrons. The summed E-state index contributed by atoms with van der Waals surface area (Å²) in [7, 11) is 0. The maximum Gasteiger partial charge on any atom is 0.164 e. The lowest BCUT2D eigenvalue weighted by molar-refractivity contribution is 0.0357. The van der Waals surface area contributed by atoms with Crippen molar-refractivity contribution < 1.29 is 4.74 Å². The van der Waals surface area contributed by atoms with Crippen molar-refractivity contribution in [3.05, 3.63) is 6.33 Å². The molecule has 1 fully saturated rings. The minimum atomic E-state index is -0.717. The quantitative estimate of drug-likeness (QED) is 0.563. The topological polar surface area (TPSA) is 114 Å². The number of fused-ring (bicyclic) bond motifs is 1. The molecule has 2 aliphatic heterocycles. The van der Waals surface area contributed by atoms with E-state index in [9.17, 15) is 0 Å². The monoisotopic (exact) mass is 265 g/mol. The van der Waals surface area contributed by atoms with E-state index in [1.54, 1.807) is 0 Å². The third-order valence-corrected chi connectivity index (χ3v) is 3.49. The van der Waals surface area contributed by atoms with E-state index in [1.165, 1.54) is 6.33 Å². The zero-order valence-corrected chi connectivity index (χ0v) is 10.7. The molecule has 19 heavy (non-hydrogen) atoms. The van der Waals surface area contributed by atoms with Gasteiger partial charge in [0, 0.05) is 26.1 Å². The molecule has 6 N–H and O–H groups in total. The Labute approximate surface area is 111 Å². The molecule has 8 nitrogen and oxygen atoms in total. The van der Waals surface area contributed by atoms with E-state index in [0.29, 0.717) is 17.3 Å². The molecule has 1 unspecified atom stereocenters. The molecule has 104 valence electrons. The van der Waals surface area contributed by atoms with Gasteiger partial charge < -0.3 is 21.1 Å². The Balaban J connectivity index is 1.61. The summed E-state index contributed by atoms with van der Waals surface area (Å²) in [6.45, 7) is 4.37. The molecule has 8 heteroatoms. The van der Waals surface area contributed by atoms with E-state index in [1.807, 2.05) is 0 Å². The number of rotatable bonds is 3. The summed E-state index contributed by atoms with van der Waals surface area (Å²) in [6, 6.07) is 0. The number of nitrogens with one attached hydrogen (secondary N) is 2. The number of ether oxygens (including phenoxy) is 1. The highest BCUT2D eigenvalue weighted by molar-refractivity contribution is 5.80. The number of nitrogens with two attached hydrogens (primary N) is 2. The van der Waals surface area contributed by atoms with Crippen LogP contribution in [0.1, 0.15) is 6.42 Å². The first-order chi connectivity index (χ1) is 9.16. The van der Waals surface area contributed by atoms with Gasteiger partial charge in [-0.3, -0.25) is 10.6 Å². The first kappa shape index (κ1) is 12.4. The van der Waals surface area contributed by atoms with Gasteiger partial charge in [-0.25, -0.2) is 9.97 Å². The molecular formula is C11H19N7O. The maximum atomic E-state index is 6.29. The van der Waals surface area contributed by atoms with Crippen LogP contribution in [0.25, 0.3) is 0 Å². The van der Waals surface area contributed by atoms with Crippen molar-refractivity contribution in [3.8, 4) is 0 Å². The smallest absolute Gasteiger partial charge is 0.164 e. The van der Waals surface area contributed by atoms with Crippen molar-refractivity contribution in [1.29, 1.82) is 0 Å². The van der Waals surface area contributed by atoms with Crippen molar-refractivity contribution in [1.82, 2.24) is 14.9 Å². The van der Waals surface area contributed by atoms with Gasteiger partial charge >= 0.3 is 0 Å². The van der Waals surface area contributed by atoms with Crippen LogP contribution >= 0.6 is 0 Å². The van der Waals surface area contributed by atoms with Crippen LogP contribution in [-0.4, -0.2) is 53.5 Å². The summed E-state index contributed by atoms with van der Waals surface area (Å²) in [6.07, 6.45) is 2.17. The van der Waals surface area contributed by atoms with Crippen molar-refractivity contribution in [2.24, 2.45) is 5.73 Å². The van der Waals surface area contributed by atoms with Gasteiger partial charge in [0.1, 0.15) is 12.0 Å². The lowest BCUT2D eigenvalue weighted by Gasteiger charge is -2.31. The Morgan fingerprint density at radius 1 is 1.32 bits per heavy atom. The lowest BCUT2D eigenvalue weighted by Crippen LogP contribution is -2.53. The highest BCUT2D eigenvalue weighted by Gasteiger charge is 2.34. The summed E-state index contributed by atoms with van der Waals surface area (Å²) < 4.78 is 5.32. The third-order valence-electron chi connectivity index (χ3n) is 3.49. The van der Waals surface area contributed by atoms with Crippen LogP contribution < -0.4 is 22.1 Å². The van der Waals surface area contributed by atoms with E-state index in [4.69, 9.17) is 16.2 Å². The Morgan fingerprint density at radius 2 is 2.11 bits per heavy atom.